The highest BCUT2D eigenvalue weighted by molar-refractivity contribution is 4.94. The van der Waals surface area contributed by atoms with Crippen molar-refractivity contribution < 1.29 is 4.74 Å². The quantitative estimate of drug-likeness (QED) is 0.848. The Morgan fingerprint density at radius 2 is 1.84 bits per heavy atom. The summed E-state index contributed by atoms with van der Waals surface area (Å²) in [5.41, 5.74) is 0.307. The van der Waals surface area contributed by atoms with Gasteiger partial charge in [-0.05, 0) is 58.0 Å². The van der Waals surface area contributed by atoms with Crippen LogP contribution in [0.1, 0.15) is 46.0 Å². The van der Waals surface area contributed by atoms with Gasteiger partial charge >= 0.3 is 0 Å². The van der Waals surface area contributed by atoms with E-state index in [1.807, 2.05) is 0 Å². The summed E-state index contributed by atoms with van der Waals surface area (Å²) in [6.07, 6.45) is 6.44. The van der Waals surface area contributed by atoms with Gasteiger partial charge in [-0.1, -0.05) is 13.8 Å². The van der Waals surface area contributed by atoms with Crippen molar-refractivity contribution in [2.45, 2.75) is 57.5 Å². The summed E-state index contributed by atoms with van der Waals surface area (Å²) < 4.78 is 5.55. The molecule has 0 amide bonds. The zero-order chi connectivity index (χ0) is 13.9. The number of hydrogen-bond acceptors (Lipinski definition) is 3. The van der Waals surface area contributed by atoms with Crippen molar-refractivity contribution in [3.05, 3.63) is 0 Å². The SMILES string of the molecule is C[C@@H]1CC[C@@H](NCC2(N(C)C)CCOCC2)[C@@H](C)C1. The second-order valence-corrected chi connectivity index (χ2v) is 7.11. The van der Waals surface area contributed by atoms with E-state index >= 15 is 0 Å². The number of nitrogens with zero attached hydrogens (tertiary/aromatic N) is 1. The van der Waals surface area contributed by atoms with Gasteiger partial charge in [0.2, 0.25) is 0 Å². The van der Waals surface area contributed by atoms with Crippen LogP contribution in [0.3, 0.4) is 0 Å². The van der Waals surface area contributed by atoms with Crippen molar-refractivity contribution in [3.8, 4) is 0 Å². The van der Waals surface area contributed by atoms with E-state index in [-0.39, 0.29) is 0 Å². The van der Waals surface area contributed by atoms with Crippen LogP contribution in [0.15, 0.2) is 0 Å². The molecular weight excluding hydrogens is 236 g/mol. The van der Waals surface area contributed by atoms with Crippen LogP contribution >= 0.6 is 0 Å². The Labute approximate surface area is 119 Å². The van der Waals surface area contributed by atoms with Crippen molar-refractivity contribution in [2.75, 3.05) is 33.9 Å². The molecule has 0 bridgehead atoms. The van der Waals surface area contributed by atoms with Gasteiger partial charge in [-0.2, -0.15) is 0 Å². The highest BCUT2D eigenvalue weighted by atomic mass is 16.5. The Morgan fingerprint density at radius 3 is 2.42 bits per heavy atom. The van der Waals surface area contributed by atoms with E-state index in [1.165, 1.54) is 19.3 Å². The maximum Gasteiger partial charge on any atom is 0.0484 e. The zero-order valence-electron chi connectivity index (χ0n) is 13.2. The largest absolute Gasteiger partial charge is 0.381 e. The first-order valence-corrected chi connectivity index (χ1v) is 8.02. The summed E-state index contributed by atoms with van der Waals surface area (Å²) in [6.45, 7) is 7.76. The first-order chi connectivity index (χ1) is 9.03. The molecule has 0 unspecified atom stereocenters. The van der Waals surface area contributed by atoms with E-state index in [1.54, 1.807) is 0 Å². The summed E-state index contributed by atoms with van der Waals surface area (Å²) in [7, 11) is 4.44. The van der Waals surface area contributed by atoms with E-state index < -0.39 is 0 Å². The number of hydrogen-bond donors (Lipinski definition) is 1. The molecule has 1 saturated carbocycles. The molecule has 0 aromatic rings. The lowest BCUT2D eigenvalue weighted by Crippen LogP contribution is -2.57. The molecule has 2 fully saturated rings. The van der Waals surface area contributed by atoms with E-state index in [9.17, 15) is 0 Å². The van der Waals surface area contributed by atoms with E-state index in [0.29, 0.717) is 5.54 Å². The molecule has 112 valence electrons. The van der Waals surface area contributed by atoms with Gasteiger partial charge < -0.3 is 15.0 Å². The second kappa shape index (κ2) is 6.55. The van der Waals surface area contributed by atoms with Gasteiger partial charge in [0.15, 0.2) is 0 Å². The maximum atomic E-state index is 5.55. The smallest absolute Gasteiger partial charge is 0.0484 e. The van der Waals surface area contributed by atoms with Crippen LogP contribution in [0.2, 0.25) is 0 Å². The van der Waals surface area contributed by atoms with Crippen molar-refractivity contribution in [3.63, 3.8) is 0 Å². The lowest BCUT2D eigenvalue weighted by atomic mass is 9.79. The van der Waals surface area contributed by atoms with Crippen molar-refractivity contribution in [1.82, 2.24) is 10.2 Å². The van der Waals surface area contributed by atoms with Crippen molar-refractivity contribution in [1.29, 1.82) is 0 Å². The van der Waals surface area contributed by atoms with Crippen LogP contribution in [0, 0.1) is 11.8 Å². The fraction of sp³-hybridized carbons (Fsp3) is 1.00. The predicted molar refractivity (Wildman–Crippen MR) is 80.4 cm³/mol. The average molecular weight is 268 g/mol. The van der Waals surface area contributed by atoms with Crippen LogP contribution in [0.4, 0.5) is 0 Å². The topological polar surface area (TPSA) is 24.5 Å². The summed E-state index contributed by atoms with van der Waals surface area (Å²) in [6, 6.07) is 0.718. The zero-order valence-corrected chi connectivity index (χ0v) is 13.2. The maximum absolute atomic E-state index is 5.55. The van der Waals surface area contributed by atoms with Gasteiger partial charge in [0, 0.05) is 31.3 Å². The molecule has 1 aliphatic heterocycles. The number of likely N-dealkylation sites (N-methyl/N-ethyl adjacent to an activating group) is 1. The predicted octanol–water partition coefficient (Wildman–Crippen LogP) is 2.51. The molecular formula is C16H32N2O. The molecule has 19 heavy (non-hydrogen) atoms. The van der Waals surface area contributed by atoms with Gasteiger partial charge in [0.25, 0.3) is 0 Å². The Balaban J connectivity index is 1.88. The molecule has 1 aliphatic carbocycles. The van der Waals surface area contributed by atoms with Gasteiger partial charge in [-0.15, -0.1) is 0 Å². The molecule has 0 spiro atoms. The Morgan fingerprint density at radius 1 is 1.16 bits per heavy atom. The van der Waals surface area contributed by atoms with Gasteiger partial charge in [0.1, 0.15) is 0 Å². The molecule has 3 heteroatoms. The van der Waals surface area contributed by atoms with Crippen LogP contribution in [0.5, 0.6) is 0 Å². The first kappa shape index (κ1) is 15.3. The Bertz CT molecular complexity index is 274. The molecule has 1 saturated heterocycles. The normalized spacial score (nSPS) is 35.5. The van der Waals surface area contributed by atoms with Gasteiger partial charge in [0.05, 0.1) is 0 Å². The summed E-state index contributed by atoms with van der Waals surface area (Å²) >= 11 is 0. The minimum absolute atomic E-state index is 0.307. The van der Waals surface area contributed by atoms with Crippen LogP contribution in [0.25, 0.3) is 0 Å². The lowest BCUT2D eigenvalue weighted by Gasteiger charge is -2.45. The minimum atomic E-state index is 0.307. The highest BCUT2D eigenvalue weighted by Gasteiger charge is 2.36. The van der Waals surface area contributed by atoms with Gasteiger partial charge in [-0.3, -0.25) is 0 Å². The number of rotatable bonds is 4. The fourth-order valence-corrected chi connectivity index (χ4v) is 3.82. The third-order valence-electron chi connectivity index (χ3n) is 5.50. The minimum Gasteiger partial charge on any atom is -0.381 e. The molecule has 3 atom stereocenters. The molecule has 2 aliphatic rings. The van der Waals surface area contributed by atoms with Crippen molar-refractivity contribution >= 4 is 0 Å². The third kappa shape index (κ3) is 3.71. The van der Waals surface area contributed by atoms with E-state index in [0.717, 1.165) is 50.5 Å². The van der Waals surface area contributed by atoms with E-state index in [2.05, 4.69) is 38.2 Å². The Hall–Kier alpha value is -0.120. The standard InChI is InChI=1S/C16H32N2O/c1-13-5-6-15(14(2)11-13)17-12-16(18(3)4)7-9-19-10-8-16/h13-15,17H,5-12H2,1-4H3/t13-,14+,15-/m1/s1. The first-order valence-electron chi connectivity index (χ1n) is 8.02. The number of ether oxygens (including phenoxy) is 1. The molecule has 0 aromatic carbocycles. The summed E-state index contributed by atoms with van der Waals surface area (Å²) in [5, 5.41) is 3.89. The second-order valence-electron chi connectivity index (χ2n) is 7.11. The monoisotopic (exact) mass is 268 g/mol. The number of nitrogens with one attached hydrogen (secondary N) is 1. The van der Waals surface area contributed by atoms with Crippen molar-refractivity contribution in [2.24, 2.45) is 11.8 Å². The average Bonchev–Trinajstić information content (AvgIpc) is 2.38. The third-order valence-corrected chi connectivity index (χ3v) is 5.50. The fourth-order valence-electron chi connectivity index (χ4n) is 3.82. The molecule has 2 rings (SSSR count). The Kier molecular flexibility index (Phi) is 5.27. The van der Waals surface area contributed by atoms with Gasteiger partial charge in [-0.25, -0.2) is 0 Å². The summed E-state index contributed by atoms with van der Waals surface area (Å²) in [4.78, 5) is 2.42. The molecule has 1 heterocycles. The van der Waals surface area contributed by atoms with Crippen LogP contribution in [-0.2, 0) is 4.74 Å². The summed E-state index contributed by atoms with van der Waals surface area (Å²) in [5.74, 6) is 1.74. The highest BCUT2D eigenvalue weighted by Crippen LogP contribution is 2.30. The molecule has 1 N–H and O–H groups in total. The van der Waals surface area contributed by atoms with Crippen LogP contribution in [-0.4, -0.2) is 50.3 Å². The van der Waals surface area contributed by atoms with E-state index in [4.69, 9.17) is 4.74 Å². The molecule has 0 radical (unpaired) electrons. The van der Waals surface area contributed by atoms with Crippen LogP contribution < -0.4 is 5.32 Å². The lowest BCUT2D eigenvalue weighted by molar-refractivity contribution is -0.00998. The molecule has 0 aromatic heterocycles. The molecule has 3 nitrogen and oxygen atoms in total.